The number of benzene rings is 2. The van der Waals surface area contributed by atoms with Gasteiger partial charge in [0.15, 0.2) is 0 Å². The summed E-state index contributed by atoms with van der Waals surface area (Å²) in [5.74, 6) is 1.63. The highest BCUT2D eigenvalue weighted by molar-refractivity contribution is 5.95. The lowest BCUT2D eigenvalue weighted by molar-refractivity contribution is 0.266. The second-order valence-electron chi connectivity index (χ2n) is 5.28. The zero-order valence-electron chi connectivity index (χ0n) is 14.2. The summed E-state index contributed by atoms with van der Waals surface area (Å²) in [4.78, 5) is 0. The molecule has 0 aliphatic carbocycles. The van der Waals surface area contributed by atoms with Crippen molar-refractivity contribution in [3.63, 3.8) is 0 Å². The van der Waals surface area contributed by atoms with Gasteiger partial charge >= 0.3 is 0 Å². The van der Waals surface area contributed by atoms with Gasteiger partial charge in [-0.15, -0.1) is 24.8 Å². The van der Waals surface area contributed by atoms with Crippen molar-refractivity contribution >= 4 is 36.5 Å². The topological polar surface area (TPSA) is 118 Å². The number of hydrogen-bond acceptors (Lipinski definition) is 4. The third kappa shape index (κ3) is 7.63. The zero-order chi connectivity index (χ0) is 17.4. The van der Waals surface area contributed by atoms with Gasteiger partial charge in [-0.3, -0.25) is 10.8 Å². The summed E-state index contributed by atoms with van der Waals surface area (Å²) in [6, 6.07) is 14.3. The van der Waals surface area contributed by atoms with E-state index < -0.39 is 0 Å². The van der Waals surface area contributed by atoms with Gasteiger partial charge in [0.1, 0.15) is 23.2 Å². The van der Waals surface area contributed by atoms with E-state index >= 15 is 0 Å². The Hall–Kier alpha value is -2.44. The van der Waals surface area contributed by atoms with Crippen LogP contribution in [0.4, 0.5) is 0 Å². The van der Waals surface area contributed by atoms with Crippen LogP contribution in [0.15, 0.2) is 48.5 Å². The molecular weight excluding hydrogens is 375 g/mol. The summed E-state index contributed by atoms with van der Waals surface area (Å²) in [6.07, 6.45) is 1.75. The molecule has 142 valence electrons. The van der Waals surface area contributed by atoms with E-state index in [0.717, 1.165) is 24.3 Å². The second kappa shape index (κ2) is 12.0. The number of rotatable bonds is 9. The number of unbranched alkanes of at least 4 members (excludes halogenated alkanes) is 1. The lowest BCUT2D eigenvalue weighted by Gasteiger charge is -2.08. The maximum absolute atomic E-state index is 7.33. The van der Waals surface area contributed by atoms with Crippen LogP contribution in [0.2, 0.25) is 0 Å². The SMILES string of the molecule is Cl.Cl.N=C(N)c1ccc(OCCCCOc2ccc(C(=N)N)cc2)cc1. The molecule has 0 heterocycles. The van der Waals surface area contributed by atoms with Gasteiger partial charge in [-0.25, -0.2) is 0 Å². The van der Waals surface area contributed by atoms with E-state index in [2.05, 4.69) is 0 Å². The number of amidine groups is 2. The van der Waals surface area contributed by atoms with Crippen LogP contribution in [0.3, 0.4) is 0 Å². The fourth-order valence-corrected chi connectivity index (χ4v) is 2.05. The zero-order valence-corrected chi connectivity index (χ0v) is 15.9. The molecule has 0 unspecified atom stereocenters. The Bertz CT molecular complexity index is 630. The second-order valence-corrected chi connectivity index (χ2v) is 5.28. The van der Waals surface area contributed by atoms with Crippen LogP contribution >= 0.6 is 24.8 Å². The molecule has 2 aromatic carbocycles. The minimum absolute atomic E-state index is 0. The first-order valence-electron chi connectivity index (χ1n) is 7.71. The fourth-order valence-electron chi connectivity index (χ4n) is 2.05. The fraction of sp³-hybridized carbons (Fsp3) is 0.222. The van der Waals surface area contributed by atoms with Crippen molar-refractivity contribution in [3.05, 3.63) is 59.7 Å². The molecule has 0 saturated carbocycles. The monoisotopic (exact) mass is 398 g/mol. The maximum atomic E-state index is 7.33. The van der Waals surface area contributed by atoms with Crippen LogP contribution in [-0.2, 0) is 0 Å². The molecule has 0 aliphatic heterocycles. The van der Waals surface area contributed by atoms with Gasteiger partial charge in [-0.2, -0.15) is 0 Å². The van der Waals surface area contributed by atoms with E-state index in [9.17, 15) is 0 Å². The lowest BCUT2D eigenvalue weighted by Crippen LogP contribution is -2.10. The van der Waals surface area contributed by atoms with E-state index in [1.165, 1.54) is 0 Å². The number of hydrogen-bond donors (Lipinski definition) is 4. The predicted octanol–water partition coefficient (Wildman–Crippen LogP) is 3.34. The number of nitrogen functional groups attached to an aromatic ring is 2. The molecule has 2 rings (SSSR count). The van der Waals surface area contributed by atoms with Gasteiger partial charge in [0.2, 0.25) is 0 Å². The molecule has 0 radical (unpaired) electrons. The molecule has 0 amide bonds. The smallest absolute Gasteiger partial charge is 0.122 e. The van der Waals surface area contributed by atoms with Gasteiger partial charge in [0.25, 0.3) is 0 Å². The minimum Gasteiger partial charge on any atom is -0.494 e. The summed E-state index contributed by atoms with van der Waals surface area (Å²) in [7, 11) is 0. The Morgan fingerprint density at radius 1 is 0.654 bits per heavy atom. The van der Waals surface area contributed by atoms with E-state index in [1.54, 1.807) is 24.3 Å². The molecule has 0 aromatic heterocycles. The highest BCUT2D eigenvalue weighted by atomic mass is 35.5. The van der Waals surface area contributed by atoms with Gasteiger partial charge in [0, 0.05) is 11.1 Å². The number of nitrogens with two attached hydrogens (primary N) is 2. The molecule has 0 bridgehead atoms. The average molecular weight is 399 g/mol. The predicted molar refractivity (Wildman–Crippen MR) is 110 cm³/mol. The normalized spacial score (nSPS) is 9.38. The van der Waals surface area contributed by atoms with Crippen LogP contribution in [0, 0.1) is 10.8 Å². The van der Waals surface area contributed by atoms with Crippen LogP contribution < -0.4 is 20.9 Å². The third-order valence-corrected chi connectivity index (χ3v) is 3.41. The molecule has 0 spiro atoms. The van der Waals surface area contributed by atoms with E-state index in [4.69, 9.17) is 31.8 Å². The summed E-state index contributed by atoms with van der Waals surface area (Å²) in [6.45, 7) is 1.21. The van der Waals surface area contributed by atoms with Crippen molar-refractivity contribution in [1.29, 1.82) is 10.8 Å². The Labute approximate surface area is 165 Å². The number of ether oxygens (including phenoxy) is 2. The van der Waals surface area contributed by atoms with Crippen molar-refractivity contribution in [2.24, 2.45) is 11.5 Å². The highest BCUT2D eigenvalue weighted by Gasteiger charge is 1.99. The molecule has 26 heavy (non-hydrogen) atoms. The summed E-state index contributed by atoms with van der Waals surface area (Å²) in [5.41, 5.74) is 12.2. The van der Waals surface area contributed by atoms with Crippen molar-refractivity contribution < 1.29 is 9.47 Å². The first kappa shape index (κ1) is 23.6. The summed E-state index contributed by atoms with van der Waals surface area (Å²) < 4.78 is 11.3. The number of halogens is 2. The molecule has 8 heteroatoms. The Balaban J connectivity index is 0.00000312. The van der Waals surface area contributed by atoms with Crippen LogP contribution in [0.5, 0.6) is 11.5 Å². The van der Waals surface area contributed by atoms with Crippen molar-refractivity contribution in [2.75, 3.05) is 13.2 Å². The molecule has 0 atom stereocenters. The quantitative estimate of drug-likeness (QED) is 0.294. The van der Waals surface area contributed by atoms with Crippen LogP contribution in [0.1, 0.15) is 24.0 Å². The van der Waals surface area contributed by atoms with E-state index in [1.807, 2.05) is 24.3 Å². The molecular formula is C18H24Cl2N4O2. The first-order valence-corrected chi connectivity index (χ1v) is 7.71. The maximum Gasteiger partial charge on any atom is 0.122 e. The molecule has 2 aromatic rings. The molecule has 0 saturated heterocycles. The van der Waals surface area contributed by atoms with E-state index in [-0.39, 0.29) is 36.5 Å². The highest BCUT2D eigenvalue weighted by Crippen LogP contribution is 2.14. The standard InChI is InChI=1S/C18H22N4O2.2ClH/c19-17(20)13-3-7-15(8-4-13)23-11-1-2-12-24-16-9-5-14(6-10-16)18(21)22;;/h3-10H,1-2,11-12H2,(H3,19,20)(H3,21,22);2*1H. The lowest BCUT2D eigenvalue weighted by atomic mass is 10.2. The summed E-state index contributed by atoms with van der Waals surface area (Å²) >= 11 is 0. The molecule has 6 N–H and O–H groups in total. The van der Waals surface area contributed by atoms with Crippen LogP contribution in [-0.4, -0.2) is 24.9 Å². The largest absolute Gasteiger partial charge is 0.494 e. The Kier molecular flexibility index (Phi) is 10.9. The van der Waals surface area contributed by atoms with Gasteiger partial charge < -0.3 is 20.9 Å². The van der Waals surface area contributed by atoms with Gasteiger partial charge in [-0.05, 0) is 61.4 Å². The Morgan fingerprint density at radius 3 is 1.23 bits per heavy atom. The van der Waals surface area contributed by atoms with E-state index in [0.29, 0.717) is 24.3 Å². The molecule has 6 nitrogen and oxygen atoms in total. The van der Waals surface area contributed by atoms with Gasteiger partial charge in [-0.1, -0.05) is 0 Å². The molecule has 0 aliphatic rings. The third-order valence-electron chi connectivity index (χ3n) is 3.41. The van der Waals surface area contributed by atoms with Crippen LogP contribution in [0.25, 0.3) is 0 Å². The minimum atomic E-state index is 0. The van der Waals surface area contributed by atoms with Crippen molar-refractivity contribution in [2.45, 2.75) is 12.8 Å². The summed E-state index contributed by atoms with van der Waals surface area (Å²) in [5, 5.41) is 14.7. The number of nitrogens with one attached hydrogen (secondary N) is 2. The average Bonchev–Trinajstić information content (AvgIpc) is 2.58. The molecule has 0 fully saturated rings. The van der Waals surface area contributed by atoms with Crippen molar-refractivity contribution in [1.82, 2.24) is 0 Å². The van der Waals surface area contributed by atoms with Crippen molar-refractivity contribution in [3.8, 4) is 11.5 Å². The van der Waals surface area contributed by atoms with Gasteiger partial charge in [0.05, 0.1) is 13.2 Å². The first-order chi connectivity index (χ1) is 11.6. The Morgan fingerprint density at radius 2 is 0.962 bits per heavy atom.